The lowest BCUT2D eigenvalue weighted by Gasteiger charge is -2.13. The highest BCUT2D eigenvalue weighted by atomic mass is 14.9. The summed E-state index contributed by atoms with van der Waals surface area (Å²) < 4.78 is 0. The molecule has 0 spiro atoms. The zero-order valence-corrected chi connectivity index (χ0v) is 27.1. The number of hydrogen-bond acceptors (Lipinski definition) is 3. The van der Waals surface area contributed by atoms with Crippen molar-refractivity contribution in [1.82, 2.24) is 15.0 Å². The molecule has 0 saturated heterocycles. The number of aromatic nitrogens is 3. The predicted octanol–water partition coefficient (Wildman–Crippen LogP) is 12.3. The Bertz CT molecular complexity index is 2910. The molecule has 10 aromatic rings. The second-order valence-corrected chi connectivity index (χ2v) is 12.8. The molecule has 0 saturated carbocycles. The Balaban J connectivity index is 1.06. The minimum Gasteiger partial charge on any atom is -0.247 e. The van der Waals surface area contributed by atoms with E-state index in [2.05, 4.69) is 170 Å². The Morgan fingerprint density at radius 3 is 1.70 bits per heavy atom. The fourth-order valence-corrected chi connectivity index (χ4v) is 7.36. The van der Waals surface area contributed by atoms with Crippen molar-refractivity contribution in [1.29, 1.82) is 0 Å². The molecule has 3 nitrogen and oxygen atoms in total. The Labute approximate surface area is 289 Å². The molecule has 50 heavy (non-hydrogen) atoms. The van der Waals surface area contributed by atoms with Crippen LogP contribution in [0.3, 0.4) is 0 Å². The summed E-state index contributed by atoms with van der Waals surface area (Å²) in [6.45, 7) is 0. The zero-order valence-electron chi connectivity index (χ0n) is 27.1. The van der Waals surface area contributed by atoms with Gasteiger partial charge in [-0.1, -0.05) is 152 Å². The summed E-state index contributed by atoms with van der Waals surface area (Å²) in [7, 11) is 0. The van der Waals surface area contributed by atoms with Gasteiger partial charge >= 0.3 is 0 Å². The molecule has 0 bridgehead atoms. The zero-order chi connectivity index (χ0) is 33.0. The summed E-state index contributed by atoms with van der Waals surface area (Å²) in [5, 5.41) is 9.51. The van der Waals surface area contributed by atoms with Gasteiger partial charge in [0.2, 0.25) is 0 Å². The van der Waals surface area contributed by atoms with Crippen molar-refractivity contribution < 1.29 is 0 Å². The van der Waals surface area contributed by atoms with Crippen molar-refractivity contribution in [2.24, 2.45) is 0 Å². The summed E-state index contributed by atoms with van der Waals surface area (Å²) in [5.41, 5.74) is 9.28. The first-order valence-corrected chi connectivity index (χ1v) is 16.9. The van der Waals surface area contributed by atoms with Crippen LogP contribution in [0.1, 0.15) is 0 Å². The molecule has 3 heteroatoms. The van der Waals surface area contributed by atoms with Gasteiger partial charge in [0.15, 0.2) is 5.82 Å². The van der Waals surface area contributed by atoms with Gasteiger partial charge < -0.3 is 0 Å². The Morgan fingerprint density at radius 1 is 0.280 bits per heavy atom. The molecule has 10 rings (SSSR count). The van der Waals surface area contributed by atoms with Gasteiger partial charge in [-0.15, -0.1) is 0 Å². The quantitative estimate of drug-likeness (QED) is 0.181. The standard InChI is InChI=1S/C47H29N3/c1-2-12-34-29-37(25-22-30(34)10-1)45-40-17-6-8-19-43(40)49-47(50-45)33-23-20-31(21-24-33)35-13-9-14-36(28-35)46-41-27-26-32-11-3-4-15-38(32)44(41)39-16-5-7-18-42(39)48-46/h1-29H. The predicted molar refractivity (Wildman–Crippen MR) is 209 cm³/mol. The maximum Gasteiger partial charge on any atom is 0.160 e. The third-order valence-electron chi connectivity index (χ3n) is 9.83. The molecule has 0 fully saturated rings. The molecule has 232 valence electrons. The highest BCUT2D eigenvalue weighted by Gasteiger charge is 2.15. The molecule has 0 amide bonds. The Morgan fingerprint density at radius 2 is 0.860 bits per heavy atom. The fraction of sp³-hybridized carbons (Fsp3) is 0. The Hall–Kier alpha value is -6.71. The van der Waals surface area contributed by atoms with E-state index in [9.17, 15) is 0 Å². The van der Waals surface area contributed by atoms with Gasteiger partial charge in [-0.2, -0.15) is 0 Å². The van der Waals surface area contributed by atoms with Crippen LogP contribution >= 0.6 is 0 Å². The molecule has 8 aromatic carbocycles. The van der Waals surface area contributed by atoms with E-state index in [0.717, 1.165) is 61.0 Å². The van der Waals surface area contributed by atoms with Crippen molar-refractivity contribution in [2.45, 2.75) is 0 Å². The van der Waals surface area contributed by atoms with Crippen molar-refractivity contribution >= 4 is 54.1 Å². The normalized spacial score (nSPS) is 11.6. The van der Waals surface area contributed by atoms with E-state index in [1.54, 1.807) is 0 Å². The van der Waals surface area contributed by atoms with Gasteiger partial charge in [-0.3, -0.25) is 0 Å². The highest BCUT2D eigenvalue weighted by molar-refractivity contribution is 6.22. The van der Waals surface area contributed by atoms with Crippen LogP contribution in [0, 0.1) is 0 Å². The largest absolute Gasteiger partial charge is 0.247 e. The summed E-state index contributed by atoms with van der Waals surface area (Å²) in [6.07, 6.45) is 0. The van der Waals surface area contributed by atoms with Crippen LogP contribution in [0.4, 0.5) is 0 Å². The van der Waals surface area contributed by atoms with E-state index < -0.39 is 0 Å². The average molecular weight is 636 g/mol. The molecule has 2 aromatic heterocycles. The van der Waals surface area contributed by atoms with Gasteiger partial charge in [-0.25, -0.2) is 15.0 Å². The third kappa shape index (κ3) is 4.71. The number of hydrogen-bond donors (Lipinski definition) is 0. The summed E-state index contributed by atoms with van der Waals surface area (Å²) in [6, 6.07) is 62.1. The number of rotatable bonds is 4. The number of pyridine rings is 1. The SMILES string of the molecule is c1cc(-c2ccc(-c3nc(-c4ccc5ccccc5c4)c4ccccc4n3)cc2)cc(-c2nc3ccccc3c3c2ccc2ccccc23)c1. The van der Waals surface area contributed by atoms with E-state index in [1.165, 1.54) is 32.3 Å². The highest BCUT2D eigenvalue weighted by Crippen LogP contribution is 2.38. The number of fused-ring (bicyclic) bond motifs is 7. The molecule has 0 aliphatic heterocycles. The van der Waals surface area contributed by atoms with Crippen molar-refractivity contribution in [2.75, 3.05) is 0 Å². The van der Waals surface area contributed by atoms with Crippen LogP contribution in [0.15, 0.2) is 176 Å². The summed E-state index contributed by atoms with van der Waals surface area (Å²) in [5.74, 6) is 0.714. The minimum atomic E-state index is 0.714. The van der Waals surface area contributed by atoms with Gasteiger partial charge in [0, 0.05) is 38.2 Å². The number of benzene rings is 8. The van der Waals surface area contributed by atoms with Gasteiger partial charge in [0.25, 0.3) is 0 Å². The molecule has 0 atom stereocenters. The van der Waals surface area contributed by atoms with Crippen LogP contribution in [-0.4, -0.2) is 15.0 Å². The third-order valence-corrected chi connectivity index (χ3v) is 9.83. The first-order chi connectivity index (χ1) is 24.8. The monoisotopic (exact) mass is 635 g/mol. The molecular formula is C47H29N3. The van der Waals surface area contributed by atoms with Crippen LogP contribution in [0.5, 0.6) is 0 Å². The van der Waals surface area contributed by atoms with Crippen LogP contribution < -0.4 is 0 Å². The van der Waals surface area contributed by atoms with Crippen molar-refractivity contribution in [3.8, 4) is 45.0 Å². The molecular weight excluding hydrogens is 607 g/mol. The lowest BCUT2D eigenvalue weighted by Crippen LogP contribution is -1.95. The van der Waals surface area contributed by atoms with Crippen LogP contribution in [0.2, 0.25) is 0 Å². The van der Waals surface area contributed by atoms with Crippen LogP contribution in [0.25, 0.3) is 99.2 Å². The van der Waals surface area contributed by atoms with E-state index >= 15 is 0 Å². The molecule has 0 aliphatic rings. The number of para-hydroxylation sites is 2. The maximum atomic E-state index is 5.23. The van der Waals surface area contributed by atoms with Gasteiger partial charge in [0.05, 0.1) is 22.4 Å². The molecule has 0 N–H and O–H groups in total. The van der Waals surface area contributed by atoms with E-state index in [4.69, 9.17) is 15.0 Å². The van der Waals surface area contributed by atoms with E-state index in [-0.39, 0.29) is 0 Å². The fourth-order valence-electron chi connectivity index (χ4n) is 7.36. The summed E-state index contributed by atoms with van der Waals surface area (Å²) in [4.78, 5) is 15.4. The number of nitrogens with zero attached hydrogens (tertiary/aromatic N) is 3. The van der Waals surface area contributed by atoms with E-state index in [0.29, 0.717) is 5.82 Å². The van der Waals surface area contributed by atoms with Gasteiger partial charge in [0.1, 0.15) is 0 Å². The first kappa shape index (κ1) is 28.3. The van der Waals surface area contributed by atoms with Crippen LogP contribution in [-0.2, 0) is 0 Å². The minimum absolute atomic E-state index is 0.714. The molecule has 0 aliphatic carbocycles. The van der Waals surface area contributed by atoms with Crippen molar-refractivity contribution in [3.63, 3.8) is 0 Å². The smallest absolute Gasteiger partial charge is 0.160 e. The Kier molecular flexibility index (Phi) is 6.49. The summed E-state index contributed by atoms with van der Waals surface area (Å²) >= 11 is 0. The van der Waals surface area contributed by atoms with Gasteiger partial charge in [-0.05, 0) is 56.9 Å². The topological polar surface area (TPSA) is 38.7 Å². The first-order valence-electron chi connectivity index (χ1n) is 16.9. The lowest BCUT2D eigenvalue weighted by molar-refractivity contribution is 1.23. The second kappa shape index (κ2) is 11.5. The maximum absolute atomic E-state index is 5.23. The van der Waals surface area contributed by atoms with Crippen molar-refractivity contribution in [3.05, 3.63) is 176 Å². The molecule has 2 heterocycles. The lowest BCUT2D eigenvalue weighted by atomic mass is 9.94. The molecule has 0 unspecified atom stereocenters. The second-order valence-electron chi connectivity index (χ2n) is 12.8. The molecule has 0 radical (unpaired) electrons. The average Bonchev–Trinajstić information content (AvgIpc) is 3.20. The van der Waals surface area contributed by atoms with E-state index in [1.807, 2.05) is 6.07 Å².